The molecule has 1 saturated heterocycles. The van der Waals surface area contributed by atoms with E-state index in [-0.39, 0.29) is 48.0 Å². The Morgan fingerprint density at radius 1 is 1.19 bits per heavy atom. The van der Waals surface area contributed by atoms with Gasteiger partial charge in [-0.2, -0.15) is 0 Å². The van der Waals surface area contributed by atoms with E-state index >= 15 is 0 Å². The van der Waals surface area contributed by atoms with Crippen LogP contribution in [-0.4, -0.2) is 54.2 Å². The normalized spacial score (nSPS) is 33.6. The molecule has 0 radical (unpaired) electrons. The summed E-state index contributed by atoms with van der Waals surface area (Å²) in [6.07, 6.45) is 5.52. The molecule has 1 aliphatic carbocycles. The smallest absolute Gasteiger partial charge is 0.226 e. The molecule has 1 saturated carbocycles. The van der Waals surface area contributed by atoms with E-state index in [1.807, 2.05) is 26.0 Å². The molecular formula is C28H38F2NO5P. The molecular weight excluding hydrogens is 499 g/mol. The molecule has 2 heterocycles. The van der Waals surface area contributed by atoms with Gasteiger partial charge in [0.1, 0.15) is 11.6 Å². The van der Waals surface area contributed by atoms with Gasteiger partial charge in [0, 0.05) is 31.1 Å². The molecule has 3 aliphatic rings. The van der Waals surface area contributed by atoms with Gasteiger partial charge in [-0.3, -0.25) is 14.2 Å². The van der Waals surface area contributed by atoms with Crippen LogP contribution in [0.4, 0.5) is 8.78 Å². The largest absolute Gasteiger partial charge is 0.377 e. The van der Waals surface area contributed by atoms with Gasteiger partial charge in [0.15, 0.2) is 5.78 Å². The number of ketones is 1. The first kappa shape index (κ1) is 28.1. The van der Waals surface area contributed by atoms with Gasteiger partial charge in [-0.15, -0.1) is 0 Å². The van der Waals surface area contributed by atoms with Crippen molar-refractivity contribution in [2.75, 3.05) is 26.4 Å². The standard InChI is InChI=1S/C28H38F2NO5P/c1-4-36-37(34,18-22-23(29)9-7-10-24(22)30)28-15-21(28)11-13-35-12-6-5-8-20(3)27(33)31-17-19(2)14-25(31)26(32)16-28/h5-7,9-10,19-21,25H,4,8,11-18H2,1-3H3/b6-5+/t19-,20-,21-,25-,28+,37?/m0/s1. The number of hydrogen-bond acceptors (Lipinski definition) is 5. The summed E-state index contributed by atoms with van der Waals surface area (Å²) in [5.74, 6) is -2.00. The number of amides is 1. The molecule has 204 valence electrons. The number of ether oxygens (including phenoxy) is 1. The van der Waals surface area contributed by atoms with Crippen LogP contribution in [0.2, 0.25) is 0 Å². The molecule has 0 spiro atoms. The molecule has 2 fully saturated rings. The van der Waals surface area contributed by atoms with Gasteiger partial charge in [0.2, 0.25) is 13.3 Å². The summed E-state index contributed by atoms with van der Waals surface area (Å²) in [7, 11) is -3.73. The van der Waals surface area contributed by atoms with Gasteiger partial charge in [-0.05, 0) is 56.6 Å². The quantitative estimate of drug-likeness (QED) is 0.354. The number of halogens is 2. The van der Waals surface area contributed by atoms with E-state index in [0.717, 1.165) is 12.1 Å². The van der Waals surface area contributed by atoms with Gasteiger partial charge in [-0.1, -0.05) is 32.1 Å². The maximum absolute atomic E-state index is 14.6. The zero-order chi connectivity index (χ0) is 26.8. The summed E-state index contributed by atoms with van der Waals surface area (Å²) in [4.78, 5) is 28.8. The number of nitrogens with zero attached hydrogens (tertiary/aromatic N) is 1. The molecule has 6 atom stereocenters. The second-order valence-electron chi connectivity index (χ2n) is 10.9. The third kappa shape index (κ3) is 5.76. The summed E-state index contributed by atoms with van der Waals surface area (Å²) in [5, 5.41) is -1.03. The monoisotopic (exact) mass is 537 g/mol. The maximum atomic E-state index is 14.6. The Morgan fingerprint density at radius 2 is 1.92 bits per heavy atom. The summed E-state index contributed by atoms with van der Waals surface area (Å²) in [6.45, 7) is 6.99. The number of carbonyl (C=O) groups is 2. The summed E-state index contributed by atoms with van der Waals surface area (Å²) in [6, 6.07) is 2.97. The molecule has 37 heavy (non-hydrogen) atoms. The Labute approximate surface area is 218 Å². The first-order valence-electron chi connectivity index (χ1n) is 13.3. The van der Waals surface area contributed by atoms with E-state index in [2.05, 4.69) is 0 Å². The first-order chi connectivity index (χ1) is 17.6. The number of rotatable bonds is 5. The molecule has 0 bridgehead atoms. The van der Waals surface area contributed by atoms with E-state index in [0.29, 0.717) is 45.4 Å². The summed E-state index contributed by atoms with van der Waals surface area (Å²) < 4.78 is 55.5. The SMILES string of the molecule is CCOP(=O)(Cc1c(F)cccc1F)[C@]12CC(=O)[C@@H]3C[C@H](C)CN3C(=O)[C@@H](C)C/C=C/COCC[C@H]1C2. The Balaban J connectivity index is 1.70. The van der Waals surface area contributed by atoms with Gasteiger partial charge in [0.25, 0.3) is 0 Å². The number of carbonyl (C=O) groups excluding carboxylic acids is 2. The number of allylic oxidation sites excluding steroid dienone is 1. The first-order valence-corrected chi connectivity index (χ1v) is 15.2. The molecule has 1 aromatic carbocycles. The van der Waals surface area contributed by atoms with Crippen molar-refractivity contribution in [3.63, 3.8) is 0 Å². The topological polar surface area (TPSA) is 72.9 Å². The lowest BCUT2D eigenvalue weighted by molar-refractivity contribution is -0.140. The van der Waals surface area contributed by atoms with E-state index in [1.54, 1.807) is 11.8 Å². The highest BCUT2D eigenvalue weighted by Crippen LogP contribution is 2.77. The predicted octanol–water partition coefficient (Wildman–Crippen LogP) is 5.74. The lowest BCUT2D eigenvalue weighted by atomic mass is 9.99. The highest BCUT2D eigenvalue weighted by Gasteiger charge is 2.66. The van der Waals surface area contributed by atoms with Gasteiger partial charge < -0.3 is 14.2 Å². The van der Waals surface area contributed by atoms with Crippen LogP contribution in [0.3, 0.4) is 0 Å². The van der Waals surface area contributed by atoms with Crippen LogP contribution in [0.25, 0.3) is 0 Å². The van der Waals surface area contributed by atoms with E-state index in [4.69, 9.17) is 9.26 Å². The predicted molar refractivity (Wildman–Crippen MR) is 137 cm³/mol. The maximum Gasteiger partial charge on any atom is 0.226 e. The van der Waals surface area contributed by atoms with Crippen molar-refractivity contribution in [1.29, 1.82) is 0 Å². The van der Waals surface area contributed by atoms with E-state index in [1.165, 1.54) is 6.07 Å². The molecule has 2 aliphatic heterocycles. The second-order valence-corrected chi connectivity index (χ2v) is 13.7. The zero-order valence-electron chi connectivity index (χ0n) is 22.0. The highest BCUT2D eigenvalue weighted by atomic mass is 31.2. The summed E-state index contributed by atoms with van der Waals surface area (Å²) >= 11 is 0. The third-order valence-corrected chi connectivity index (χ3v) is 11.7. The van der Waals surface area contributed by atoms with Crippen molar-refractivity contribution in [3.8, 4) is 0 Å². The number of fused-ring (bicyclic) bond motifs is 2. The molecule has 6 nitrogen and oxygen atoms in total. The van der Waals surface area contributed by atoms with Crippen molar-refractivity contribution in [2.24, 2.45) is 17.8 Å². The van der Waals surface area contributed by atoms with Crippen LogP contribution >= 0.6 is 7.37 Å². The van der Waals surface area contributed by atoms with Crippen molar-refractivity contribution in [1.82, 2.24) is 4.90 Å². The fourth-order valence-corrected chi connectivity index (χ4v) is 9.45. The van der Waals surface area contributed by atoms with Gasteiger partial charge in [0.05, 0.1) is 30.6 Å². The number of hydrogen-bond donors (Lipinski definition) is 0. The van der Waals surface area contributed by atoms with Crippen LogP contribution in [0.1, 0.15) is 58.4 Å². The molecule has 1 aromatic rings. The van der Waals surface area contributed by atoms with Gasteiger partial charge in [-0.25, -0.2) is 8.78 Å². The van der Waals surface area contributed by atoms with Crippen LogP contribution in [0.15, 0.2) is 30.4 Å². The van der Waals surface area contributed by atoms with Crippen LogP contribution < -0.4 is 0 Å². The van der Waals surface area contributed by atoms with E-state index < -0.39 is 36.4 Å². The van der Waals surface area contributed by atoms with Gasteiger partial charge >= 0.3 is 0 Å². The molecule has 9 heteroatoms. The minimum absolute atomic E-state index is 0.0428. The average Bonchev–Trinajstić information content (AvgIpc) is 3.41. The second kappa shape index (κ2) is 11.5. The van der Waals surface area contributed by atoms with Crippen LogP contribution in [-0.2, 0) is 29.6 Å². The van der Waals surface area contributed by atoms with Crippen molar-refractivity contribution in [2.45, 2.75) is 70.2 Å². The molecule has 0 N–H and O–H groups in total. The average molecular weight is 538 g/mol. The third-order valence-electron chi connectivity index (χ3n) is 8.19. The molecule has 4 rings (SSSR count). The lowest BCUT2D eigenvalue weighted by Gasteiger charge is -2.31. The van der Waals surface area contributed by atoms with Crippen LogP contribution in [0, 0.1) is 29.4 Å². The number of Topliss-reactive ketones (excluding diaryl/α,β-unsaturated/α-hetero) is 1. The minimum atomic E-state index is -3.73. The van der Waals surface area contributed by atoms with E-state index in [9.17, 15) is 22.9 Å². The molecule has 1 amide bonds. The van der Waals surface area contributed by atoms with Crippen molar-refractivity contribution < 1.29 is 32.2 Å². The Morgan fingerprint density at radius 3 is 2.62 bits per heavy atom. The Bertz CT molecular complexity index is 1070. The Hall–Kier alpha value is -1.89. The number of benzene rings is 1. The fourth-order valence-electron chi connectivity index (χ4n) is 6.07. The van der Waals surface area contributed by atoms with Crippen LogP contribution in [0.5, 0.6) is 0 Å². The highest BCUT2D eigenvalue weighted by molar-refractivity contribution is 7.60. The fraction of sp³-hybridized carbons (Fsp3) is 0.643. The Kier molecular flexibility index (Phi) is 8.72. The zero-order valence-corrected chi connectivity index (χ0v) is 22.9. The van der Waals surface area contributed by atoms with Crippen molar-refractivity contribution >= 4 is 19.1 Å². The van der Waals surface area contributed by atoms with Crippen molar-refractivity contribution in [3.05, 3.63) is 47.5 Å². The molecule has 0 aromatic heterocycles. The summed E-state index contributed by atoms with van der Waals surface area (Å²) in [5.41, 5.74) is -0.274. The lowest BCUT2D eigenvalue weighted by Crippen LogP contribution is -2.44. The minimum Gasteiger partial charge on any atom is -0.377 e. The molecule has 1 unspecified atom stereocenters.